The fourth-order valence-corrected chi connectivity index (χ4v) is 3.41. The monoisotopic (exact) mass is 325 g/mol. The SMILES string of the molecule is CCCN(CC(F)(F)F)S(=O)(=O)c1cccnc1NCC. The first kappa shape index (κ1) is 17.7. The Morgan fingerprint density at radius 3 is 2.52 bits per heavy atom. The van der Waals surface area contributed by atoms with Crippen LogP contribution in [0, 0.1) is 0 Å². The first-order chi connectivity index (χ1) is 9.72. The first-order valence-electron chi connectivity index (χ1n) is 6.48. The summed E-state index contributed by atoms with van der Waals surface area (Å²) in [4.78, 5) is 3.63. The molecule has 1 aromatic heterocycles. The van der Waals surface area contributed by atoms with Crippen molar-refractivity contribution in [3.8, 4) is 0 Å². The van der Waals surface area contributed by atoms with Crippen LogP contribution in [-0.2, 0) is 10.0 Å². The molecule has 5 nitrogen and oxygen atoms in total. The molecular weight excluding hydrogens is 307 g/mol. The van der Waals surface area contributed by atoms with Gasteiger partial charge < -0.3 is 5.32 Å². The largest absolute Gasteiger partial charge is 0.402 e. The third-order valence-electron chi connectivity index (χ3n) is 2.56. The molecule has 0 unspecified atom stereocenters. The number of rotatable bonds is 7. The number of anilines is 1. The zero-order chi connectivity index (χ0) is 16.1. The van der Waals surface area contributed by atoms with Gasteiger partial charge in [0.05, 0.1) is 0 Å². The Morgan fingerprint density at radius 1 is 1.33 bits per heavy atom. The highest BCUT2D eigenvalue weighted by Gasteiger charge is 2.37. The maximum atomic E-state index is 12.6. The van der Waals surface area contributed by atoms with Crippen LogP contribution in [0.1, 0.15) is 20.3 Å². The van der Waals surface area contributed by atoms with Crippen molar-refractivity contribution < 1.29 is 21.6 Å². The normalized spacial score (nSPS) is 12.7. The average molecular weight is 325 g/mol. The highest BCUT2D eigenvalue weighted by molar-refractivity contribution is 7.89. The van der Waals surface area contributed by atoms with Crippen LogP contribution in [0.2, 0.25) is 0 Å². The summed E-state index contributed by atoms with van der Waals surface area (Å²) in [5.41, 5.74) is 0. The predicted molar refractivity (Wildman–Crippen MR) is 73.5 cm³/mol. The van der Waals surface area contributed by atoms with E-state index in [1.54, 1.807) is 13.8 Å². The summed E-state index contributed by atoms with van der Waals surface area (Å²) in [5, 5.41) is 2.74. The molecule has 0 aliphatic carbocycles. The molecule has 1 N–H and O–H groups in total. The second-order valence-corrected chi connectivity index (χ2v) is 6.24. The van der Waals surface area contributed by atoms with Crippen molar-refractivity contribution in [1.29, 1.82) is 0 Å². The van der Waals surface area contributed by atoms with Gasteiger partial charge in [0.1, 0.15) is 17.3 Å². The standard InChI is InChI=1S/C12H18F3N3O2S/c1-3-8-18(9-12(13,14)15)21(19,20)10-6-5-7-17-11(10)16-4-2/h5-7H,3-4,8-9H2,1-2H3,(H,16,17). The summed E-state index contributed by atoms with van der Waals surface area (Å²) in [6, 6.07) is 2.63. The van der Waals surface area contributed by atoms with E-state index in [1.807, 2.05) is 0 Å². The number of nitrogens with one attached hydrogen (secondary N) is 1. The van der Waals surface area contributed by atoms with Crippen LogP contribution in [0.15, 0.2) is 23.2 Å². The molecule has 21 heavy (non-hydrogen) atoms. The minimum atomic E-state index is -4.59. The van der Waals surface area contributed by atoms with Crippen LogP contribution in [0.25, 0.3) is 0 Å². The number of hydrogen-bond donors (Lipinski definition) is 1. The maximum absolute atomic E-state index is 12.6. The van der Waals surface area contributed by atoms with Crippen LogP contribution in [0.4, 0.5) is 19.0 Å². The van der Waals surface area contributed by atoms with Crippen LogP contribution < -0.4 is 5.32 Å². The van der Waals surface area contributed by atoms with Gasteiger partial charge in [-0.15, -0.1) is 0 Å². The number of alkyl halides is 3. The summed E-state index contributed by atoms with van der Waals surface area (Å²) < 4.78 is 63.1. The van der Waals surface area contributed by atoms with Gasteiger partial charge in [-0.2, -0.15) is 17.5 Å². The highest BCUT2D eigenvalue weighted by Crippen LogP contribution is 2.26. The lowest BCUT2D eigenvalue weighted by Gasteiger charge is -2.23. The Morgan fingerprint density at radius 2 is 2.00 bits per heavy atom. The van der Waals surface area contributed by atoms with E-state index in [1.165, 1.54) is 18.3 Å². The van der Waals surface area contributed by atoms with Crippen molar-refractivity contribution in [2.45, 2.75) is 31.3 Å². The van der Waals surface area contributed by atoms with Crippen LogP contribution in [-0.4, -0.2) is 43.5 Å². The molecule has 0 fully saturated rings. The maximum Gasteiger partial charge on any atom is 0.402 e. The molecule has 0 aromatic carbocycles. The predicted octanol–water partition coefficient (Wildman–Crippen LogP) is 2.48. The summed E-state index contributed by atoms with van der Waals surface area (Å²) in [6.07, 6.45) is -2.93. The molecule has 0 bridgehead atoms. The van der Waals surface area contributed by atoms with E-state index in [4.69, 9.17) is 0 Å². The van der Waals surface area contributed by atoms with Gasteiger partial charge in [-0.25, -0.2) is 13.4 Å². The average Bonchev–Trinajstić information content (AvgIpc) is 2.37. The number of hydrogen-bond acceptors (Lipinski definition) is 4. The van der Waals surface area contributed by atoms with Gasteiger partial charge >= 0.3 is 6.18 Å². The van der Waals surface area contributed by atoms with E-state index in [0.29, 0.717) is 10.8 Å². The van der Waals surface area contributed by atoms with Gasteiger partial charge in [0, 0.05) is 19.3 Å². The van der Waals surface area contributed by atoms with E-state index < -0.39 is 22.7 Å². The third-order valence-corrected chi connectivity index (χ3v) is 4.44. The van der Waals surface area contributed by atoms with Gasteiger partial charge in [0.15, 0.2) is 0 Å². The second kappa shape index (κ2) is 7.08. The molecule has 0 saturated carbocycles. The van der Waals surface area contributed by atoms with Gasteiger partial charge in [-0.3, -0.25) is 0 Å². The molecule has 0 atom stereocenters. The molecule has 120 valence electrons. The molecule has 1 heterocycles. The van der Waals surface area contributed by atoms with Crippen molar-refractivity contribution in [2.24, 2.45) is 0 Å². The minimum absolute atomic E-state index is 0.0586. The molecule has 0 spiro atoms. The zero-order valence-corrected chi connectivity index (χ0v) is 12.6. The minimum Gasteiger partial charge on any atom is -0.369 e. The summed E-state index contributed by atoms with van der Waals surface area (Å²) in [5.74, 6) is 0.0586. The lowest BCUT2D eigenvalue weighted by Crippen LogP contribution is -2.39. The summed E-state index contributed by atoms with van der Waals surface area (Å²) in [7, 11) is -4.26. The number of nitrogens with zero attached hydrogens (tertiary/aromatic N) is 2. The van der Waals surface area contributed by atoms with Crippen molar-refractivity contribution >= 4 is 15.8 Å². The van der Waals surface area contributed by atoms with E-state index >= 15 is 0 Å². The molecule has 0 aliphatic heterocycles. The lowest BCUT2D eigenvalue weighted by atomic mass is 10.4. The zero-order valence-electron chi connectivity index (χ0n) is 11.8. The summed E-state index contributed by atoms with van der Waals surface area (Å²) in [6.45, 7) is 2.05. The number of halogens is 3. The number of sulfonamides is 1. The van der Waals surface area contributed by atoms with E-state index in [0.717, 1.165) is 0 Å². The molecule has 9 heteroatoms. The smallest absolute Gasteiger partial charge is 0.369 e. The van der Waals surface area contributed by atoms with E-state index in [2.05, 4.69) is 10.3 Å². The van der Waals surface area contributed by atoms with Crippen LogP contribution in [0.3, 0.4) is 0 Å². The Bertz CT molecular complexity index is 561. The van der Waals surface area contributed by atoms with E-state index in [-0.39, 0.29) is 23.7 Å². The molecule has 0 aliphatic rings. The van der Waals surface area contributed by atoms with Gasteiger partial charge in [0.25, 0.3) is 0 Å². The van der Waals surface area contributed by atoms with Gasteiger partial charge in [-0.1, -0.05) is 6.92 Å². The number of pyridine rings is 1. The van der Waals surface area contributed by atoms with Crippen molar-refractivity contribution in [3.63, 3.8) is 0 Å². The Kier molecular flexibility index (Phi) is 5.97. The highest BCUT2D eigenvalue weighted by atomic mass is 32.2. The van der Waals surface area contributed by atoms with Crippen LogP contribution in [0.5, 0.6) is 0 Å². The molecule has 0 radical (unpaired) electrons. The Hall–Kier alpha value is -1.35. The summed E-state index contributed by atoms with van der Waals surface area (Å²) >= 11 is 0. The first-order valence-corrected chi connectivity index (χ1v) is 7.92. The van der Waals surface area contributed by atoms with Crippen LogP contribution >= 0.6 is 0 Å². The Labute approximate surface area is 122 Å². The molecular formula is C12H18F3N3O2S. The second-order valence-electron chi connectivity index (χ2n) is 4.33. The molecule has 0 amide bonds. The van der Waals surface area contributed by atoms with Gasteiger partial charge in [-0.05, 0) is 25.5 Å². The number of aromatic nitrogens is 1. The van der Waals surface area contributed by atoms with Gasteiger partial charge in [0.2, 0.25) is 10.0 Å². The Balaban J connectivity index is 3.23. The van der Waals surface area contributed by atoms with Crippen molar-refractivity contribution in [1.82, 2.24) is 9.29 Å². The quantitative estimate of drug-likeness (QED) is 0.836. The fourth-order valence-electron chi connectivity index (χ4n) is 1.77. The third kappa shape index (κ3) is 4.85. The molecule has 1 aromatic rings. The topological polar surface area (TPSA) is 62.3 Å². The molecule has 0 saturated heterocycles. The van der Waals surface area contributed by atoms with E-state index in [9.17, 15) is 21.6 Å². The van der Waals surface area contributed by atoms with Crippen molar-refractivity contribution in [2.75, 3.05) is 25.0 Å². The fraction of sp³-hybridized carbons (Fsp3) is 0.583. The van der Waals surface area contributed by atoms with Crippen molar-refractivity contribution in [3.05, 3.63) is 18.3 Å². The lowest BCUT2D eigenvalue weighted by molar-refractivity contribution is -0.136. The molecule has 1 rings (SSSR count).